The van der Waals surface area contributed by atoms with Crippen LogP contribution in [-0.4, -0.2) is 40.9 Å². The van der Waals surface area contributed by atoms with Crippen LogP contribution in [0.2, 0.25) is 10.0 Å². The van der Waals surface area contributed by atoms with Gasteiger partial charge in [-0.2, -0.15) is 0 Å². The Bertz CT molecular complexity index is 1140. The number of aromatic nitrogens is 1. The molecule has 2 atom stereocenters. The average Bonchev–Trinajstić information content (AvgIpc) is 3.44. The molecule has 0 saturated heterocycles. The van der Waals surface area contributed by atoms with E-state index in [4.69, 9.17) is 56.7 Å². The van der Waals surface area contributed by atoms with Crippen molar-refractivity contribution in [2.75, 3.05) is 18.0 Å². The Hall–Kier alpha value is -2.29. The summed E-state index contributed by atoms with van der Waals surface area (Å²) in [6.07, 6.45) is 2.34. The molecule has 0 aliphatic heterocycles. The summed E-state index contributed by atoms with van der Waals surface area (Å²) in [6.45, 7) is 6.18. The molecule has 0 spiro atoms. The van der Waals surface area contributed by atoms with Gasteiger partial charge in [0.1, 0.15) is 0 Å². The lowest BCUT2D eigenvalue weighted by Crippen LogP contribution is -2.47. The molecule has 2 aromatic carbocycles. The SMILES string of the molecule is CCC(C)[C@H](N)C(=O)NCCN(C(=O)C(Cl)Cl)c1cccc(-c2ccno2)c1.Cc1c(Cl)cccc1Cl. The molecule has 11 heteroatoms. The van der Waals surface area contributed by atoms with Crippen LogP contribution in [0.5, 0.6) is 0 Å². The lowest BCUT2D eigenvalue weighted by Gasteiger charge is -2.25. The molecule has 0 radical (unpaired) electrons. The van der Waals surface area contributed by atoms with E-state index in [0.717, 1.165) is 27.6 Å². The number of alkyl halides is 2. The third-order valence-corrected chi connectivity index (χ3v) is 6.92. The molecule has 0 aliphatic rings. The number of hydrogen-bond acceptors (Lipinski definition) is 5. The zero-order valence-corrected chi connectivity index (χ0v) is 23.8. The number of carbonyl (C=O) groups is 2. The maximum absolute atomic E-state index is 12.5. The van der Waals surface area contributed by atoms with E-state index < -0.39 is 16.8 Å². The van der Waals surface area contributed by atoms with Crippen molar-refractivity contribution >= 4 is 63.9 Å². The highest BCUT2D eigenvalue weighted by atomic mass is 35.5. The molecule has 0 fully saturated rings. The van der Waals surface area contributed by atoms with Crippen LogP contribution in [0, 0.1) is 12.8 Å². The van der Waals surface area contributed by atoms with Crippen molar-refractivity contribution in [2.24, 2.45) is 11.7 Å². The van der Waals surface area contributed by atoms with Gasteiger partial charge in [-0.15, -0.1) is 0 Å². The van der Waals surface area contributed by atoms with Gasteiger partial charge in [0, 0.05) is 40.5 Å². The van der Waals surface area contributed by atoms with Crippen LogP contribution in [0.4, 0.5) is 5.69 Å². The Labute approximate surface area is 237 Å². The van der Waals surface area contributed by atoms with Gasteiger partial charge in [-0.25, -0.2) is 0 Å². The zero-order valence-electron chi connectivity index (χ0n) is 20.8. The van der Waals surface area contributed by atoms with Gasteiger partial charge >= 0.3 is 0 Å². The number of halogens is 4. The number of nitrogens with two attached hydrogens (primary N) is 1. The van der Waals surface area contributed by atoms with Gasteiger partial charge in [-0.3, -0.25) is 9.59 Å². The minimum Gasteiger partial charge on any atom is -0.356 e. The molecule has 3 rings (SSSR count). The highest BCUT2D eigenvalue weighted by molar-refractivity contribution is 6.54. The Morgan fingerprint density at radius 3 is 2.30 bits per heavy atom. The third-order valence-electron chi connectivity index (χ3n) is 5.73. The molecule has 0 saturated carbocycles. The van der Waals surface area contributed by atoms with E-state index in [1.54, 1.807) is 24.3 Å². The fraction of sp³-hybridized carbons (Fsp3) is 0.346. The quantitative estimate of drug-likeness (QED) is 0.287. The Morgan fingerprint density at radius 2 is 1.76 bits per heavy atom. The van der Waals surface area contributed by atoms with Gasteiger partial charge in [-0.05, 0) is 42.7 Å². The van der Waals surface area contributed by atoms with E-state index in [1.807, 2.05) is 45.0 Å². The summed E-state index contributed by atoms with van der Waals surface area (Å²) < 4.78 is 5.16. The van der Waals surface area contributed by atoms with Crippen molar-refractivity contribution in [3.8, 4) is 11.3 Å². The first-order valence-electron chi connectivity index (χ1n) is 11.6. The van der Waals surface area contributed by atoms with E-state index in [9.17, 15) is 9.59 Å². The molecule has 200 valence electrons. The topological polar surface area (TPSA) is 101 Å². The van der Waals surface area contributed by atoms with Gasteiger partial charge in [0.25, 0.3) is 5.91 Å². The maximum Gasteiger partial charge on any atom is 0.260 e. The molecule has 7 nitrogen and oxygen atoms in total. The highest BCUT2D eigenvalue weighted by Crippen LogP contribution is 2.26. The van der Waals surface area contributed by atoms with E-state index in [1.165, 1.54) is 11.1 Å². The minimum atomic E-state index is -1.23. The monoisotopic (exact) mass is 586 g/mol. The fourth-order valence-electron chi connectivity index (χ4n) is 3.18. The predicted molar refractivity (Wildman–Crippen MR) is 151 cm³/mol. The molecule has 3 N–H and O–H groups in total. The second-order valence-electron chi connectivity index (χ2n) is 8.27. The van der Waals surface area contributed by atoms with Crippen molar-refractivity contribution in [1.29, 1.82) is 0 Å². The molecule has 3 aromatic rings. The summed E-state index contributed by atoms with van der Waals surface area (Å²) in [4.78, 5) is 24.8. The molecule has 1 unspecified atom stereocenters. The normalized spacial score (nSPS) is 12.4. The summed E-state index contributed by atoms with van der Waals surface area (Å²) >= 11 is 23.1. The first kappa shape index (κ1) is 30.9. The Kier molecular flexibility index (Phi) is 12.7. The van der Waals surface area contributed by atoms with E-state index in [2.05, 4.69) is 10.5 Å². The van der Waals surface area contributed by atoms with Crippen LogP contribution < -0.4 is 16.0 Å². The first-order chi connectivity index (χ1) is 17.6. The highest BCUT2D eigenvalue weighted by Gasteiger charge is 2.24. The largest absolute Gasteiger partial charge is 0.356 e. The lowest BCUT2D eigenvalue weighted by molar-refractivity contribution is -0.123. The number of anilines is 1. The first-order valence-corrected chi connectivity index (χ1v) is 13.2. The van der Waals surface area contributed by atoms with Gasteiger partial charge < -0.3 is 20.5 Å². The van der Waals surface area contributed by atoms with Gasteiger partial charge in [0.15, 0.2) is 10.6 Å². The van der Waals surface area contributed by atoms with Gasteiger partial charge in [0.05, 0.1) is 12.2 Å². The molecule has 37 heavy (non-hydrogen) atoms. The van der Waals surface area contributed by atoms with E-state index in [0.29, 0.717) is 11.4 Å². The van der Waals surface area contributed by atoms with Crippen molar-refractivity contribution < 1.29 is 14.1 Å². The van der Waals surface area contributed by atoms with Crippen LogP contribution in [0.3, 0.4) is 0 Å². The number of nitrogens with zero attached hydrogens (tertiary/aromatic N) is 2. The summed E-state index contributed by atoms with van der Waals surface area (Å²) in [6, 6.07) is 13.7. The van der Waals surface area contributed by atoms with Gasteiger partial charge in [0.2, 0.25) is 5.91 Å². The number of benzene rings is 2. The number of nitrogens with one attached hydrogen (secondary N) is 1. The molecule has 2 amide bonds. The molecular weight excluding hydrogens is 558 g/mol. The number of amides is 2. The number of carbonyl (C=O) groups excluding carboxylic acids is 2. The summed E-state index contributed by atoms with van der Waals surface area (Å²) in [5.74, 6) is -0.120. The summed E-state index contributed by atoms with van der Waals surface area (Å²) in [5.41, 5.74) is 8.20. The van der Waals surface area contributed by atoms with Crippen molar-refractivity contribution in [1.82, 2.24) is 10.5 Å². The van der Waals surface area contributed by atoms with E-state index in [-0.39, 0.29) is 24.9 Å². The summed E-state index contributed by atoms with van der Waals surface area (Å²) in [5, 5.41) is 7.90. The lowest BCUT2D eigenvalue weighted by atomic mass is 9.99. The third kappa shape index (κ3) is 9.20. The van der Waals surface area contributed by atoms with Crippen LogP contribution >= 0.6 is 46.4 Å². The van der Waals surface area contributed by atoms with Gasteiger partial charge in [-0.1, -0.05) is 90.0 Å². The molecule has 1 heterocycles. The second-order valence-corrected chi connectivity index (χ2v) is 10.2. The number of hydrogen-bond donors (Lipinski definition) is 2. The van der Waals surface area contributed by atoms with Crippen LogP contribution in [0.15, 0.2) is 59.3 Å². The Balaban J connectivity index is 0.000000449. The standard InChI is InChI=1S/C19H24Cl2N4O3.C7H6Cl2/c1-3-12(2)16(22)18(26)23-9-10-25(19(27)17(20)21)14-6-4-5-13(11-14)15-7-8-24-28-15;1-5-6(8)3-2-4-7(5)9/h4-8,11-12,16-17H,3,9-10,22H2,1-2H3,(H,23,26);2-4H,1H3/t12?,16-;/m0./s1. The smallest absolute Gasteiger partial charge is 0.260 e. The van der Waals surface area contributed by atoms with Crippen LogP contribution in [0.25, 0.3) is 11.3 Å². The molecular formula is C26H30Cl4N4O3. The average molecular weight is 588 g/mol. The Morgan fingerprint density at radius 1 is 1.11 bits per heavy atom. The maximum atomic E-state index is 12.5. The molecule has 1 aromatic heterocycles. The van der Waals surface area contributed by atoms with Crippen molar-refractivity contribution in [2.45, 2.75) is 38.1 Å². The molecule has 0 bridgehead atoms. The van der Waals surface area contributed by atoms with Crippen LogP contribution in [0.1, 0.15) is 25.8 Å². The minimum absolute atomic E-state index is 0.0615. The number of rotatable bonds is 9. The van der Waals surface area contributed by atoms with Crippen molar-refractivity contribution in [3.63, 3.8) is 0 Å². The fourth-order valence-corrected chi connectivity index (χ4v) is 3.81. The summed E-state index contributed by atoms with van der Waals surface area (Å²) in [7, 11) is 0. The molecule has 0 aliphatic carbocycles. The predicted octanol–water partition coefficient (Wildman–Crippen LogP) is 6.27. The van der Waals surface area contributed by atoms with Crippen molar-refractivity contribution in [3.05, 3.63) is 70.3 Å². The van der Waals surface area contributed by atoms with E-state index >= 15 is 0 Å². The zero-order chi connectivity index (χ0) is 27.5. The second kappa shape index (κ2) is 15.2. The van der Waals surface area contributed by atoms with Crippen LogP contribution in [-0.2, 0) is 9.59 Å².